The molecular formula is C13H22N4OS. The summed E-state index contributed by atoms with van der Waals surface area (Å²) in [5, 5.41) is 15.9. The molecule has 0 saturated carbocycles. The first-order chi connectivity index (χ1) is 9.29. The van der Waals surface area contributed by atoms with Gasteiger partial charge in [0.1, 0.15) is 5.01 Å². The van der Waals surface area contributed by atoms with Gasteiger partial charge in [-0.2, -0.15) is 0 Å². The summed E-state index contributed by atoms with van der Waals surface area (Å²) in [6.07, 6.45) is 7.71. The highest BCUT2D eigenvalue weighted by molar-refractivity contribution is 7.15. The molecule has 0 aromatic carbocycles. The van der Waals surface area contributed by atoms with Crippen molar-refractivity contribution in [2.45, 2.75) is 57.9 Å². The van der Waals surface area contributed by atoms with Crippen LogP contribution >= 0.6 is 11.3 Å². The molecule has 1 unspecified atom stereocenters. The molecule has 1 fully saturated rings. The van der Waals surface area contributed by atoms with Crippen molar-refractivity contribution in [2.75, 3.05) is 11.9 Å². The number of aromatic nitrogens is 2. The van der Waals surface area contributed by atoms with Gasteiger partial charge in [-0.05, 0) is 25.8 Å². The van der Waals surface area contributed by atoms with Crippen LogP contribution in [0.2, 0.25) is 0 Å². The van der Waals surface area contributed by atoms with Gasteiger partial charge in [-0.15, -0.1) is 10.2 Å². The van der Waals surface area contributed by atoms with Gasteiger partial charge >= 0.3 is 0 Å². The first kappa shape index (κ1) is 14.4. The quantitative estimate of drug-likeness (QED) is 0.786. The second-order valence-electron chi connectivity index (χ2n) is 4.95. The predicted octanol–water partition coefficient (Wildman–Crippen LogP) is 2.35. The molecule has 2 N–H and O–H groups in total. The zero-order chi connectivity index (χ0) is 13.5. The predicted molar refractivity (Wildman–Crippen MR) is 77.4 cm³/mol. The van der Waals surface area contributed by atoms with Gasteiger partial charge in [-0.3, -0.25) is 10.1 Å². The number of aryl methyl sites for hydroxylation is 1. The van der Waals surface area contributed by atoms with Crippen molar-refractivity contribution in [1.82, 2.24) is 15.5 Å². The van der Waals surface area contributed by atoms with Crippen molar-refractivity contribution in [3.63, 3.8) is 0 Å². The van der Waals surface area contributed by atoms with E-state index < -0.39 is 0 Å². The number of hydrogen-bond acceptors (Lipinski definition) is 5. The summed E-state index contributed by atoms with van der Waals surface area (Å²) in [6, 6.07) is -0.0683. The molecule has 6 heteroatoms. The van der Waals surface area contributed by atoms with Crippen molar-refractivity contribution >= 4 is 22.4 Å². The van der Waals surface area contributed by atoms with Crippen LogP contribution in [0, 0.1) is 0 Å². The van der Waals surface area contributed by atoms with Crippen LogP contribution in [-0.2, 0) is 11.2 Å². The fourth-order valence-corrected chi connectivity index (χ4v) is 2.98. The van der Waals surface area contributed by atoms with Crippen LogP contribution < -0.4 is 10.6 Å². The van der Waals surface area contributed by atoms with Crippen molar-refractivity contribution < 1.29 is 4.79 Å². The average molecular weight is 282 g/mol. The highest BCUT2D eigenvalue weighted by atomic mass is 32.1. The Bertz CT molecular complexity index is 401. The molecule has 0 spiro atoms. The van der Waals surface area contributed by atoms with Gasteiger partial charge < -0.3 is 5.32 Å². The second-order valence-corrected chi connectivity index (χ2v) is 6.01. The lowest BCUT2D eigenvalue weighted by molar-refractivity contribution is -0.118. The van der Waals surface area contributed by atoms with E-state index in [1.54, 1.807) is 0 Å². The van der Waals surface area contributed by atoms with E-state index in [0.29, 0.717) is 5.13 Å². The molecule has 1 aliphatic rings. The van der Waals surface area contributed by atoms with E-state index in [-0.39, 0.29) is 11.9 Å². The second kappa shape index (κ2) is 7.55. The molecule has 106 valence electrons. The van der Waals surface area contributed by atoms with Crippen LogP contribution in [0.5, 0.6) is 0 Å². The van der Waals surface area contributed by atoms with Gasteiger partial charge in [0.15, 0.2) is 0 Å². The molecule has 0 radical (unpaired) electrons. The lowest BCUT2D eigenvalue weighted by atomic mass is 10.0. The fourth-order valence-electron chi connectivity index (χ4n) is 2.20. The highest BCUT2D eigenvalue weighted by Crippen LogP contribution is 2.18. The molecule has 5 nitrogen and oxygen atoms in total. The molecule has 1 amide bonds. The van der Waals surface area contributed by atoms with Gasteiger partial charge in [0.2, 0.25) is 11.0 Å². The van der Waals surface area contributed by atoms with E-state index in [1.165, 1.54) is 24.2 Å². The molecule has 1 aromatic heterocycles. The average Bonchev–Trinajstić information content (AvgIpc) is 2.88. The minimum absolute atomic E-state index is 0.0240. The Morgan fingerprint density at radius 2 is 2.32 bits per heavy atom. The van der Waals surface area contributed by atoms with Gasteiger partial charge in [0, 0.05) is 6.42 Å². The normalized spacial score (nSPS) is 19.3. The number of amides is 1. The minimum Gasteiger partial charge on any atom is -0.306 e. The zero-order valence-corrected chi connectivity index (χ0v) is 12.3. The first-order valence-corrected chi connectivity index (χ1v) is 7.98. The monoisotopic (exact) mass is 282 g/mol. The third-order valence-electron chi connectivity index (χ3n) is 3.32. The molecule has 2 heterocycles. The van der Waals surface area contributed by atoms with Gasteiger partial charge in [0.25, 0.3) is 0 Å². The first-order valence-electron chi connectivity index (χ1n) is 7.16. The standard InChI is InChI=1S/C13H22N4OS/c1-2-3-4-8-11-16-17-13(19-11)15-12(18)10-7-5-6-9-14-10/h10,14H,2-9H2,1H3,(H,15,17,18). The summed E-state index contributed by atoms with van der Waals surface area (Å²) in [5.41, 5.74) is 0. The minimum atomic E-state index is -0.0683. The van der Waals surface area contributed by atoms with E-state index in [0.717, 1.165) is 43.7 Å². The number of nitrogens with zero attached hydrogens (tertiary/aromatic N) is 2. The van der Waals surface area contributed by atoms with Crippen molar-refractivity contribution in [1.29, 1.82) is 0 Å². The Hall–Kier alpha value is -1.01. The summed E-state index contributed by atoms with van der Waals surface area (Å²) >= 11 is 1.49. The number of unbranched alkanes of at least 4 members (excludes halogenated alkanes) is 2. The molecular weight excluding hydrogens is 260 g/mol. The third kappa shape index (κ3) is 4.54. The van der Waals surface area contributed by atoms with Crippen LogP contribution in [0.4, 0.5) is 5.13 Å². The Balaban J connectivity index is 1.80. The third-order valence-corrected chi connectivity index (χ3v) is 4.22. The molecule has 1 aliphatic heterocycles. The number of rotatable bonds is 6. The molecule has 0 aliphatic carbocycles. The number of nitrogens with one attached hydrogen (secondary N) is 2. The van der Waals surface area contributed by atoms with Crippen molar-refractivity contribution in [3.05, 3.63) is 5.01 Å². The van der Waals surface area contributed by atoms with Gasteiger partial charge in [-0.25, -0.2) is 0 Å². The highest BCUT2D eigenvalue weighted by Gasteiger charge is 2.21. The van der Waals surface area contributed by atoms with Crippen LogP contribution in [0.25, 0.3) is 0 Å². The lowest BCUT2D eigenvalue weighted by Crippen LogP contribution is -2.43. The fraction of sp³-hybridized carbons (Fsp3) is 0.769. The topological polar surface area (TPSA) is 66.9 Å². The van der Waals surface area contributed by atoms with E-state index in [9.17, 15) is 4.79 Å². The van der Waals surface area contributed by atoms with E-state index in [4.69, 9.17) is 0 Å². The SMILES string of the molecule is CCCCCc1nnc(NC(=O)C2CCCCN2)s1. The Morgan fingerprint density at radius 1 is 1.42 bits per heavy atom. The van der Waals surface area contributed by atoms with Crippen LogP contribution in [0.1, 0.15) is 50.5 Å². The van der Waals surface area contributed by atoms with Crippen LogP contribution in [0.3, 0.4) is 0 Å². The maximum Gasteiger partial charge on any atom is 0.243 e. The number of piperidine rings is 1. The van der Waals surface area contributed by atoms with Crippen LogP contribution in [0.15, 0.2) is 0 Å². The Kier molecular flexibility index (Phi) is 5.72. The van der Waals surface area contributed by atoms with E-state index in [1.807, 2.05) is 0 Å². The summed E-state index contributed by atoms with van der Waals surface area (Å²) in [6.45, 7) is 3.11. The summed E-state index contributed by atoms with van der Waals surface area (Å²) in [7, 11) is 0. The largest absolute Gasteiger partial charge is 0.306 e. The van der Waals surface area contributed by atoms with Crippen molar-refractivity contribution in [2.24, 2.45) is 0 Å². The van der Waals surface area contributed by atoms with Crippen LogP contribution in [-0.4, -0.2) is 28.7 Å². The maximum atomic E-state index is 12.0. The smallest absolute Gasteiger partial charge is 0.243 e. The zero-order valence-electron chi connectivity index (χ0n) is 11.4. The van der Waals surface area contributed by atoms with E-state index >= 15 is 0 Å². The summed E-state index contributed by atoms with van der Waals surface area (Å²) in [5.74, 6) is 0.0240. The number of carbonyl (C=O) groups excluding carboxylic acids is 1. The number of hydrogen-bond donors (Lipinski definition) is 2. The summed E-state index contributed by atoms with van der Waals surface area (Å²) < 4.78 is 0. The Labute approximate surface area is 118 Å². The summed E-state index contributed by atoms with van der Waals surface area (Å²) in [4.78, 5) is 12.0. The molecule has 1 aromatic rings. The lowest BCUT2D eigenvalue weighted by Gasteiger charge is -2.21. The molecule has 2 rings (SSSR count). The maximum absolute atomic E-state index is 12.0. The number of anilines is 1. The van der Waals surface area contributed by atoms with Gasteiger partial charge in [-0.1, -0.05) is 37.5 Å². The number of carbonyl (C=O) groups is 1. The van der Waals surface area contributed by atoms with Crippen molar-refractivity contribution in [3.8, 4) is 0 Å². The molecule has 19 heavy (non-hydrogen) atoms. The molecule has 0 bridgehead atoms. The molecule has 1 saturated heterocycles. The van der Waals surface area contributed by atoms with E-state index in [2.05, 4.69) is 27.8 Å². The molecule has 1 atom stereocenters. The Morgan fingerprint density at radius 3 is 3.05 bits per heavy atom. The van der Waals surface area contributed by atoms with Gasteiger partial charge in [0.05, 0.1) is 6.04 Å².